The third kappa shape index (κ3) is 4.09. The van der Waals surface area contributed by atoms with Gasteiger partial charge in [0.2, 0.25) is 0 Å². The number of aryl methyl sites for hydroxylation is 1. The third-order valence-electron chi connectivity index (χ3n) is 3.76. The van der Waals surface area contributed by atoms with E-state index in [1.807, 2.05) is 30.3 Å². The van der Waals surface area contributed by atoms with Gasteiger partial charge < -0.3 is 4.74 Å². The van der Waals surface area contributed by atoms with E-state index in [1.165, 1.54) is 10.8 Å². The SMILES string of the molecule is C=CCOC(=O)c1ccc(/N=N/c2c(C)[nH]n(-c3ccccc3)c2=O)cc1. The molecule has 0 radical (unpaired) electrons. The van der Waals surface area contributed by atoms with Crippen LogP contribution in [0.2, 0.25) is 0 Å². The zero-order valence-electron chi connectivity index (χ0n) is 14.8. The van der Waals surface area contributed by atoms with Crippen molar-refractivity contribution < 1.29 is 9.53 Å². The van der Waals surface area contributed by atoms with Crippen molar-refractivity contribution in [2.75, 3.05) is 6.61 Å². The van der Waals surface area contributed by atoms with Crippen LogP contribution >= 0.6 is 0 Å². The second-order valence-electron chi connectivity index (χ2n) is 5.70. The lowest BCUT2D eigenvalue weighted by Gasteiger charge is -2.01. The van der Waals surface area contributed by atoms with Gasteiger partial charge >= 0.3 is 5.97 Å². The average Bonchev–Trinajstić information content (AvgIpc) is 2.99. The number of rotatable bonds is 6. The van der Waals surface area contributed by atoms with E-state index in [0.717, 1.165) is 5.69 Å². The molecule has 0 aliphatic heterocycles. The predicted molar refractivity (Wildman–Crippen MR) is 102 cm³/mol. The fraction of sp³-hybridized carbons (Fsp3) is 0.100. The van der Waals surface area contributed by atoms with Crippen LogP contribution in [0.15, 0.2) is 82.3 Å². The van der Waals surface area contributed by atoms with E-state index < -0.39 is 5.97 Å². The van der Waals surface area contributed by atoms with Gasteiger partial charge in [-0.25, -0.2) is 9.48 Å². The number of esters is 1. The second-order valence-corrected chi connectivity index (χ2v) is 5.70. The van der Waals surface area contributed by atoms with E-state index in [1.54, 1.807) is 31.2 Å². The summed E-state index contributed by atoms with van der Waals surface area (Å²) in [6.45, 7) is 5.41. The van der Waals surface area contributed by atoms with Gasteiger partial charge in [0.15, 0.2) is 5.69 Å². The van der Waals surface area contributed by atoms with E-state index in [9.17, 15) is 9.59 Å². The molecule has 136 valence electrons. The summed E-state index contributed by atoms with van der Waals surface area (Å²) >= 11 is 0. The summed E-state index contributed by atoms with van der Waals surface area (Å²) in [6.07, 6.45) is 1.50. The van der Waals surface area contributed by atoms with Crippen LogP contribution in [0.5, 0.6) is 0 Å². The van der Waals surface area contributed by atoms with Crippen LogP contribution in [0.1, 0.15) is 16.1 Å². The molecule has 0 saturated carbocycles. The molecule has 27 heavy (non-hydrogen) atoms. The summed E-state index contributed by atoms with van der Waals surface area (Å²) in [5.41, 5.74) is 2.19. The van der Waals surface area contributed by atoms with Crippen molar-refractivity contribution in [3.63, 3.8) is 0 Å². The molecule has 0 aliphatic carbocycles. The topological polar surface area (TPSA) is 88.8 Å². The number of aromatic amines is 1. The number of ether oxygens (including phenoxy) is 1. The van der Waals surface area contributed by atoms with Crippen molar-refractivity contribution in [1.82, 2.24) is 9.78 Å². The molecule has 0 unspecified atom stereocenters. The van der Waals surface area contributed by atoms with Crippen LogP contribution in [0.25, 0.3) is 5.69 Å². The van der Waals surface area contributed by atoms with Crippen LogP contribution < -0.4 is 5.56 Å². The molecule has 3 aromatic rings. The van der Waals surface area contributed by atoms with E-state index in [4.69, 9.17) is 4.74 Å². The maximum atomic E-state index is 12.6. The van der Waals surface area contributed by atoms with Gasteiger partial charge in [-0.3, -0.25) is 9.89 Å². The number of H-pyrrole nitrogens is 1. The van der Waals surface area contributed by atoms with Crippen LogP contribution in [0.4, 0.5) is 11.4 Å². The number of carbonyl (C=O) groups is 1. The number of hydrogen-bond acceptors (Lipinski definition) is 5. The van der Waals surface area contributed by atoms with Crippen molar-refractivity contribution in [2.45, 2.75) is 6.92 Å². The Morgan fingerprint density at radius 1 is 1.15 bits per heavy atom. The van der Waals surface area contributed by atoms with Gasteiger partial charge in [-0.15, -0.1) is 5.11 Å². The molecule has 0 spiro atoms. The zero-order valence-corrected chi connectivity index (χ0v) is 14.8. The molecule has 1 N–H and O–H groups in total. The number of nitrogens with one attached hydrogen (secondary N) is 1. The molecule has 1 aromatic heterocycles. The highest BCUT2D eigenvalue weighted by Crippen LogP contribution is 2.19. The standard InChI is InChI=1S/C20H18N4O3/c1-3-13-27-20(26)15-9-11-16(12-10-15)21-22-18-14(2)23-24(19(18)25)17-7-5-4-6-8-17/h3-12,23H,1,13H2,2H3/b22-21+. The number of azo groups is 1. The molecule has 3 rings (SSSR count). The van der Waals surface area contributed by atoms with E-state index in [0.29, 0.717) is 16.9 Å². The van der Waals surface area contributed by atoms with Crippen molar-refractivity contribution in [3.05, 3.63) is 88.9 Å². The predicted octanol–water partition coefficient (Wildman–Crippen LogP) is 4.23. The summed E-state index contributed by atoms with van der Waals surface area (Å²) in [5.74, 6) is -0.439. The maximum absolute atomic E-state index is 12.6. The fourth-order valence-corrected chi connectivity index (χ4v) is 2.40. The fourth-order valence-electron chi connectivity index (χ4n) is 2.40. The highest BCUT2D eigenvalue weighted by Gasteiger charge is 2.12. The molecule has 0 bridgehead atoms. The van der Waals surface area contributed by atoms with E-state index in [-0.39, 0.29) is 17.9 Å². The highest BCUT2D eigenvalue weighted by atomic mass is 16.5. The lowest BCUT2D eigenvalue weighted by molar-refractivity contribution is 0.0550. The summed E-state index contributed by atoms with van der Waals surface area (Å²) in [4.78, 5) is 24.3. The van der Waals surface area contributed by atoms with Gasteiger partial charge in [-0.2, -0.15) is 5.11 Å². The quantitative estimate of drug-likeness (QED) is 0.404. The first-order valence-electron chi connectivity index (χ1n) is 8.27. The normalized spacial score (nSPS) is 10.9. The van der Waals surface area contributed by atoms with Crippen molar-refractivity contribution >= 4 is 17.3 Å². The molecule has 1 heterocycles. The number of hydrogen-bond donors (Lipinski definition) is 1. The molecule has 0 aliphatic rings. The Balaban J connectivity index is 1.80. The maximum Gasteiger partial charge on any atom is 0.338 e. The summed E-state index contributed by atoms with van der Waals surface area (Å²) < 4.78 is 6.38. The Morgan fingerprint density at radius 3 is 2.52 bits per heavy atom. The van der Waals surface area contributed by atoms with Crippen LogP contribution in [0, 0.1) is 6.92 Å². The molecule has 2 aromatic carbocycles. The lowest BCUT2D eigenvalue weighted by atomic mass is 10.2. The molecule has 0 atom stereocenters. The van der Waals surface area contributed by atoms with E-state index in [2.05, 4.69) is 21.9 Å². The van der Waals surface area contributed by atoms with Crippen molar-refractivity contribution in [2.24, 2.45) is 10.2 Å². The Kier molecular flexibility index (Phi) is 5.41. The number of benzene rings is 2. The molecule has 7 heteroatoms. The van der Waals surface area contributed by atoms with Crippen LogP contribution in [-0.2, 0) is 4.74 Å². The molecule has 0 fully saturated rings. The summed E-state index contributed by atoms with van der Waals surface area (Å²) in [5, 5.41) is 11.2. The molecular formula is C20H18N4O3. The van der Waals surface area contributed by atoms with Gasteiger partial charge in [0, 0.05) is 0 Å². The lowest BCUT2D eigenvalue weighted by Crippen LogP contribution is -2.13. The van der Waals surface area contributed by atoms with Crippen molar-refractivity contribution in [1.29, 1.82) is 0 Å². The third-order valence-corrected chi connectivity index (χ3v) is 3.76. The highest BCUT2D eigenvalue weighted by molar-refractivity contribution is 5.89. The molecular weight excluding hydrogens is 344 g/mol. The van der Waals surface area contributed by atoms with Crippen LogP contribution in [0.3, 0.4) is 0 Å². The van der Waals surface area contributed by atoms with Crippen LogP contribution in [-0.4, -0.2) is 22.4 Å². The Hall–Kier alpha value is -3.74. The molecule has 0 saturated heterocycles. The summed E-state index contributed by atoms with van der Waals surface area (Å²) in [7, 11) is 0. The van der Waals surface area contributed by atoms with Gasteiger partial charge in [-0.05, 0) is 43.3 Å². The smallest absolute Gasteiger partial charge is 0.338 e. The molecule has 0 amide bonds. The number of nitrogens with zero attached hydrogens (tertiary/aromatic N) is 3. The van der Waals surface area contributed by atoms with E-state index >= 15 is 0 Å². The first kappa shape index (κ1) is 18.1. The average molecular weight is 362 g/mol. The van der Waals surface area contributed by atoms with Gasteiger partial charge in [0.1, 0.15) is 6.61 Å². The first-order valence-corrected chi connectivity index (χ1v) is 8.27. The number of para-hydroxylation sites is 1. The monoisotopic (exact) mass is 362 g/mol. The molecule has 7 nitrogen and oxygen atoms in total. The van der Waals surface area contributed by atoms with Gasteiger partial charge in [-0.1, -0.05) is 30.9 Å². The minimum Gasteiger partial charge on any atom is -0.458 e. The number of carbonyl (C=O) groups excluding carboxylic acids is 1. The minimum absolute atomic E-state index is 0.154. The van der Waals surface area contributed by atoms with Gasteiger partial charge in [0.25, 0.3) is 5.56 Å². The first-order chi connectivity index (χ1) is 13.1. The minimum atomic E-state index is -0.439. The Bertz CT molecular complexity index is 1030. The van der Waals surface area contributed by atoms with Gasteiger partial charge in [0.05, 0.1) is 22.6 Å². The van der Waals surface area contributed by atoms with Crippen molar-refractivity contribution in [3.8, 4) is 5.69 Å². The Labute approximate surface area is 155 Å². The Morgan fingerprint density at radius 2 is 1.85 bits per heavy atom. The number of aromatic nitrogens is 2. The summed E-state index contributed by atoms with van der Waals surface area (Å²) in [6, 6.07) is 15.7. The largest absolute Gasteiger partial charge is 0.458 e. The second kappa shape index (κ2) is 8.09. The zero-order chi connectivity index (χ0) is 19.2.